The van der Waals surface area contributed by atoms with Crippen LogP contribution in [0.2, 0.25) is 0 Å². The molecule has 0 amide bonds. The van der Waals surface area contributed by atoms with Crippen molar-refractivity contribution in [2.75, 3.05) is 19.8 Å². The van der Waals surface area contributed by atoms with Gasteiger partial charge in [-0.25, -0.2) is 4.39 Å². The van der Waals surface area contributed by atoms with E-state index in [0.717, 1.165) is 31.2 Å². The average Bonchev–Trinajstić information content (AvgIpc) is 2.87. The van der Waals surface area contributed by atoms with E-state index in [2.05, 4.69) is 13.8 Å². The summed E-state index contributed by atoms with van der Waals surface area (Å²) in [5, 5.41) is 0. The zero-order chi connectivity index (χ0) is 24.2. The largest absolute Gasteiger partial charge is 0.490 e. The summed E-state index contributed by atoms with van der Waals surface area (Å²) >= 11 is 0. The Morgan fingerprint density at radius 2 is 1.41 bits per heavy atom. The van der Waals surface area contributed by atoms with E-state index in [0.29, 0.717) is 31.3 Å². The molecule has 1 saturated heterocycles. The van der Waals surface area contributed by atoms with E-state index in [-0.39, 0.29) is 11.3 Å². The Labute approximate surface area is 203 Å². The van der Waals surface area contributed by atoms with Crippen LogP contribution in [0.5, 0.6) is 5.75 Å². The van der Waals surface area contributed by atoms with Crippen LogP contribution in [0.25, 0.3) is 11.1 Å². The second-order valence-electron chi connectivity index (χ2n) is 9.34. The molecule has 0 unspecified atom stereocenters. The van der Waals surface area contributed by atoms with Gasteiger partial charge in [-0.05, 0) is 30.5 Å². The van der Waals surface area contributed by atoms with E-state index in [1.807, 2.05) is 12.1 Å². The van der Waals surface area contributed by atoms with Gasteiger partial charge in [0.1, 0.15) is 0 Å². The Morgan fingerprint density at radius 1 is 0.765 bits per heavy atom. The van der Waals surface area contributed by atoms with Gasteiger partial charge in [-0.2, -0.15) is 4.39 Å². The highest BCUT2D eigenvalue weighted by Crippen LogP contribution is 2.32. The Bertz CT molecular complexity index is 845. The molecule has 0 bridgehead atoms. The van der Waals surface area contributed by atoms with Crippen LogP contribution >= 0.6 is 0 Å². The zero-order valence-corrected chi connectivity index (χ0v) is 20.8. The summed E-state index contributed by atoms with van der Waals surface area (Å²) in [5.41, 5.74) is 1.71. The maximum absolute atomic E-state index is 14.7. The minimum atomic E-state index is -0.937. The molecule has 1 aliphatic heterocycles. The molecular formula is C29H40F2O3. The number of benzene rings is 2. The van der Waals surface area contributed by atoms with Gasteiger partial charge in [0.2, 0.25) is 5.82 Å². The first-order chi connectivity index (χ1) is 16.6. The van der Waals surface area contributed by atoms with Crippen molar-refractivity contribution in [2.24, 2.45) is 5.92 Å². The Kier molecular flexibility index (Phi) is 11.3. The maximum Gasteiger partial charge on any atom is 0.201 e. The van der Waals surface area contributed by atoms with Gasteiger partial charge < -0.3 is 14.2 Å². The highest BCUT2D eigenvalue weighted by atomic mass is 19.2. The van der Waals surface area contributed by atoms with Crippen LogP contribution in [-0.2, 0) is 9.47 Å². The average molecular weight is 475 g/mol. The van der Waals surface area contributed by atoms with Crippen molar-refractivity contribution in [3.8, 4) is 16.9 Å². The van der Waals surface area contributed by atoms with Crippen molar-refractivity contribution in [1.29, 1.82) is 0 Å². The summed E-state index contributed by atoms with van der Waals surface area (Å²) < 4.78 is 46.5. The van der Waals surface area contributed by atoms with Crippen molar-refractivity contribution in [2.45, 2.75) is 84.3 Å². The monoisotopic (exact) mass is 474 g/mol. The van der Waals surface area contributed by atoms with Crippen LogP contribution in [-0.4, -0.2) is 19.8 Å². The summed E-state index contributed by atoms with van der Waals surface area (Å²) in [5.74, 6) is -1.41. The number of hydrogen-bond donors (Lipinski definition) is 0. The van der Waals surface area contributed by atoms with Gasteiger partial charge in [0.05, 0.1) is 19.8 Å². The lowest BCUT2D eigenvalue weighted by molar-refractivity contribution is -0.206. The fourth-order valence-electron chi connectivity index (χ4n) is 4.34. The number of hydrogen-bond acceptors (Lipinski definition) is 3. The summed E-state index contributed by atoms with van der Waals surface area (Å²) in [6.07, 6.45) is 11.4. The predicted octanol–water partition coefficient (Wildman–Crippen LogP) is 8.61. The van der Waals surface area contributed by atoms with Crippen LogP contribution < -0.4 is 4.74 Å². The Hall–Kier alpha value is -1.98. The summed E-state index contributed by atoms with van der Waals surface area (Å²) in [6.45, 7) is 6.10. The van der Waals surface area contributed by atoms with Crippen LogP contribution in [0.15, 0.2) is 36.4 Å². The molecule has 0 aromatic heterocycles. The summed E-state index contributed by atoms with van der Waals surface area (Å²) in [4.78, 5) is 0. The van der Waals surface area contributed by atoms with Crippen molar-refractivity contribution in [1.82, 2.24) is 0 Å². The maximum atomic E-state index is 14.7. The van der Waals surface area contributed by atoms with Crippen molar-refractivity contribution < 1.29 is 23.0 Å². The second kappa shape index (κ2) is 14.4. The molecule has 3 nitrogen and oxygen atoms in total. The van der Waals surface area contributed by atoms with Gasteiger partial charge in [-0.3, -0.25) is 0 Å². The predicted molar refractivity (Wildman–Crippen MR) is 133 cm³/mol. The molecule has 0 spiro atoms. The second-order valence-corrected chi connectivity index (χ2v) is 9.34. The molecule has 1 aliphatic rings. The lowest BCUT2D eigenvalue weighted by Crippen LogP contribution is -2.27. The number of rotatable bonds is 14. The van der Waals surface area contributed by atoms with E-state index in [4.69, 9.17) is 14.2 Å². The van der Waals surface area contributed by atoms with Gasteiger partial charge in [-0.15, -0.1) is 0 Å². The molecule has 0 radical (unpaired) electrons. The van der Waals surface area contributed by atoms with Crippen molar-refractivity contribution in [3.05, 3.63) is 53.6 Å². The zero-order valence-electron chi connectivity index (χ0n) is 20.8. The molecule has 3 rings (SSSR count). The van der Waals surface area contributed by atoms with Gasteiger partial charge in [0, 0.05) is 17.0 Å². The molecule has 34 heavy (non-hydrogen) atoms. The van der Waals surface area contributed by atoms with E-state index in [1.54, 1.807) is 18.2 Å². The molecule has 188 valence electrons. The molecule has 1 fully saturated rings. The summed E-state index contributed by atoms with van der Waals surface area (Å²) in [7, 11) is 0. The lowest BCUT2D eigenvalue weighted by Gasteiger charge is -2.29. The molecule has 2 aromatic carbocycles. The lowest BCUT2D eigenvalue weighted by atomic mass is 10.00. The van der Waals surface area contributed by atoms with Crippen LogP contribution in [0.4, 0.5) is 8.78 Å². The summed E-state index contributed by atoms with van der Waals surface area (Å²) in [6, 6.07) is 10.4. The third-order valence-electron chi connectivity index (χ3n) is 6.48. The minimum absolute atomic E-state index is 0.0338. The van der Waals surface area contributed by atoms with Gasteiger partial charge >= 0.3 is 0 Å². The fraction of sp³-hybridized carbons (Fsp3) is 0.586. The standard InChI is InChI=1S/C29H40F2O3/c1-3-5-7-8-9-10-12-22-20-33-29(34-21-22)24-15-13-23(14-16-24)25-17-18-26(28(31)27(25)30)32-19-11-6-4-2/h13-18,22,29H,3-12,19-21H2,1-2H3. The number of unbranched alkanes of at least 4 members (excludes halogenated alkanes) is 7. The molecule has 1 heterocycles. The molecule has 0 aliphatic carbocycles. The number of ether oxygens (including phenoxy) is 3. The quantitative estimate of drug-likeness (QED) is 0.257. The highest BCUT2D eigenvalue weighted by Gasteiger charge is 2.23. The van der Waals surface area contributed by atoms with Gasteiger partial charge in [0.25, 0.3) is 0 Å². The molecule has 0 N–H and O–H groups in total. The third-order valence-corrected chi connectivity index (χ3v) is 6.48. The molecule has 0 atom stereocenters. The Morgan fingerprint density at radius 3 is 2.12 bits per heavy atom. The topological polar surface area (TPSA) is 27.7 Å². The molecule has 2 aromatic rings. The normalized spacial score (nSPS) is 18.2. The first kappa shape index (κ1) is 26.6. The first-order valence-electron chi connectivity index (χ1n) is 13.1. The molecule has 5 heteroatoms. The third kappa shape index (κ3) is 7.78. The van der Waals surface area contributed by atoms with Gasteiger partial charge in [-0.1, -0.05) is 89.5 Å². The van der Waals surface area contributed by atoms with Crippen molar-refractivity contribution >= 4 is 0 Å². The van der Waals surface area contributed by atoms with E-state index < -0.39 is 17.9 Å². The van der Waals surface area contributed by atoms with E-state index in [1.165, 1.54) is 44.6 Å². The fourth-order valence-corrected chi connectivity index (χ4v) is 4.34. The smallest absolute Gasteiger partial charge is 0.201 e. The number of halogens is 2. The highest BCUT2D eigenvalue weighted by molar-refractivity contribution is 5.65. The SMILES string of the molecule is CCCCCCCCC1COC(c2ccc(-c3ccc(OCCCCC)c(F)c3F)cc2)OC1. The van der Waals surface area contributed by atoms with Crippen molar-refractivity contribution in [3.63, 3.8) is 0 Å². The van der Waals surface area contributed by atoms with Crippen LogP contribution in [0, 0.1) is 17.6 Å². The first-order valence-corrected chi connectivity index (χ1v) is 13.1. The van der Waals surface area contributed by atoms with Crippen LogP contribution in [0.1, 0.15) is 89.9 Å². The van der Waals surface area contributed by atoms with E-state index in [9.17, 15) is 8.78 Å². The molecular weight excluding hydrogens is 434 g/mol. The molecule has 0 saturated carbocycles. The Balaban J connectivity index is 1.49. The van der Waals surface area contributed by atoms with E-state index >= 15 is 0 Å². The minimum Gasteiger partial charge on any atom is -0.490 e. The van der Waals surface area contributed by atoms with Gasteiger partial charge in [0.15, 0.2) is 17.9 Å². The van der Waals surface area contributed by atoms with Crippen LogP contribution in [0.3, 0.4) is 0 Å².